The van der Waals surface area contributed by atoms with Crippen molar-refractivity contribution in [2.24, 2.45) is 0 Å². The fourth-order valence-electron chi connectivity index (χ4n) is 1.17. The summed E-state index contributed by atoms with van der Waals surface area (Å²) >= 11 is 1.71. The Kier molecular flexibility index (Phi) is 7.37. The Balaban J connectivity index is 1.81. The van der Waals surface area contributed by atoms with Crippen LogP contribution < -0.4 is 10.6 Å². The monoisotopic (exact) mass is 229 g/mol. The van der Waals surface area contributed by atoms with Gasteiger partial charge in [0.15, 0.2) is 0 Å². The number of hydrogen-bond donors (Lipinski definition) is 2. The van der Waals surface area contributed by atoms with Crippen LogP contribution in [0.25, 0.3) is 0 Å². The van der Waals surface area contributed by atoms with Crippen molar-refractivity contribution in [1.29, 1.82) is 0 Å². The van der Waals surface area contributed by atoms with Gasteiger partial charge in [0.1, 0.15) is 0 Å². The van der Waals surface area contributed by atoms with Crippen LogP contribution in [0.3, 0.4) is 0 Å². The Morgan fingerprint density at radius 1 is 1.27 bits per heavy atom. The van der Waals surface area contributed by atoms with Gasteiger partial charge in [-0.3, -0.25) is 0 Å². The molecular weight excluding hydrogens is 210 g/mol. The first-order valence-electron chi connectivity index (χ1n) is 5.22. The maximum atomic E-state index is 4.93. The first kappa shape index (κ1) is 12.6. The molecule has 4 nitrogen and oxygen atoms in total. The fraction of sp³-hybridized carbons (Fsp3) is 0.700. The van der Waals surface area contributed by atoms with Gasteiger partial charge in [0.2, 0.25) is 0 Å². The number of methoxy groups -OCH3 is 1. The molecule has 0 fully saturated rings. The van der Waals surface area contributed by atoms with Crippen LogP contribution >= 0.6 is 11.3 Å². The molecule has 0 spiro atoms. The van der Waals surface area contributed by atoms with Crippen molar-refractivity contribution in [2.75, 3.05) is 39.9 Å². The Morgan fingerprint density at radius 2 is 2.07 bits per heavy atom. The van der Waals surface area contributed by atoms with Gasteiger partial charge in [-0.2, -0.15) is 0 Å². The van der Waals surface area contributed by atoms with E-state index in [0.29, 0.717) is 0 Å². The van der Waals surface area contributed by atoms with Gasteiger partial charge in [0, 0.05) is 51.3 Å². The predicted molar refractivity (Wildman–Crippen MR) is 63.4 cm³/mol. The van der Waals surface area contributed by atoms with Gasteiger partial charge in [-0.1, -0.05) is 0 Å². The van der Waals surface area contributed by atoms with E-state index in [9.17, 15) is 0 Å². The predicted octanol–water partition coefficient (Wildman–Crippen LogP) is 0.511. The maximum absolute atomic E-state index is 4.93. The Hall–Kier alpha value is -0.490. The van der Waals surface area contributed by atoms with Gasteiger partial charge in [-0.05, 0) is 0 Å². The molecule has 5 heteroatoms. The van der Waals surface area contributed by atoms with Crippen molar-refractivity contribution in [3.63, 3.8) is 0 Å². The Bertz CT molecular complexity index is 229. The number of ether oxygens (including phenoxy) is 1. The lowest BCUT2D eigenvalue weighted by Gasteiger charge is -2.05. The van der Waals surface area contributed by atoms with Crippen LogP contribution in [0.1, 0.15) is 5.01 Å². The van der Waals surface area contributed by atoms with Crippen molar-refractivity contribution in [3.05, 3.63) is 16.6 Å². The minimum absolute atomic E-state index is 0.777. The van der Waals surface area contributed by atoms with Crippen molar-refractivity contribution in [3.8, 4) is 0 Å². The summed E-state index contributed by atoms with van der Waals surface area (Å²) < 4.78 is 4.93. The minimum atomic E-state index is 0.777. The van der Waals surface area contributed by atoms with Gasteiger partial charge in [-0.15, -0.1) is 11.3 Å². The summed E-state index contributed by atoms with van der Waals surface area (Å²) in [6.07, 6.45) is 2.88. The number of thiazole rings is 1. The highest BCUT2D eigenvalue weighted by Crippen LogP contribution is 2.02. The van der Waals surface area contributed by atoms with Gasteiger partial charge >= 0.3 is 0 Å². The molecule has 0 amide bonds. The molecule has 1 rings (SSSR count). The van der Waals surface area contributed by atoms with E-state index in [4.69, 9.17) is 4.74 Å². The van der Waals surface area contributed by atoms with Crippen LogP contribution in [0.15, 0.2) is 11.6 Å². The van der Waals surface area contributed by atoms with E-state index in [2.05, 4.69) is 15.6 Å². The summed E-state index contributed by atoms with van der Waals surface area (Å²) in [7, 11) is 1.72. The topological polar surface area (TPSA) is 46.2 Å². The van der Waals surface area contributed by atoms with Gasteiger partial charge in [0.05, 0.1) is 11.6 Å². The summed E-state index contributed by atoms with van der Waals surface area (Å²) in [5.74, 6) is 0. The number of nitrogens with one attached hydrogen (secondary N) is 2. The Labute approximate surface area is 95.1 Å². The summed E-state index contributed by atoms with van der Waals surface area (Å²) in [6, 6.07) is 0. The van der Waals surface area contributed by atoms with Crippen molar-refractivity contribution in [1.82, 2.24) is 15.6 Å². The number of nitrogens with zero attached hydrogens (tertiary/aromatic N) is 1. The Morgan fingerprint density at radius 3 is 2.73 bits per heavy atom. The summed E-state index contributed by atoms with van der Waals surface area (Å²) in [5, 5.41) is 9.86. The van der Waals surface area contributed by atoms with Crippen molar-refractivity contribution >= 4 is 11.3 Å². The number of rotatable bonds is 9. The molecule has 0 radical (unpaired) electrons. The molecule has 2 N–H and O–H groups in total. The molecule has 0 saturated carbocycles. The van der Waals surface area contributed by atoms with E-state index >= 15 is 0 Å². The second kappa shape index (κ2) is 8.79. The molecule has 1 aromatic rings. The first-order chi connectivity index (χ1) is 7.43. The van der Waals surface area contributed by atoms with Gasteiger partial charge < -0.3 is 15.4 Å². The molecule has 0 unspecified atom stereocenters. The normalized spacial score (nSPS) is 10.7. The molecule has 0 bridgehead atoms. The summed E-state index contributed by atoms with van der Waals surface area (Å²) in [4.78, 5) is 4.22. The number of hydrogen-bond acceptors (Lipinski definition) is 5. The van der Waals surface area contributed by atoms with Crippen LogP contribution in [-0.2, 0) is 11.2 Å². The highest BCUT2D eigenvalue weighted by atomic mass is 32.1. The van der Waals surface area contributed by atoms with Crippen LogP contribution in [0.2, 0.25) is 0 Å². The van der Waals surface area contributed by atoms with Crippen LogP contribution in [-0.4, -0.2) is 44.9 Å². The van der Waals surface area contributed by atoms with E-state index in [-0.39, 0.29) is 0 Å². The third-order valence-electron chi connectivity index (χ3n) is 1.96. The average Bonchev–Trinajstić information content (AvgIpc) is 2.75. The molecule has 0 aliphatic rings. The van der Waals surface area contributed by atoms with Crippen LogP contribution in [0.4, 0.5) is 0 Å². The fourth-order valence-corrected chi connectivity index (χ4v) is 1.79. The lowest BCUT2D eigenvalue weighted by molar-refractivity contribution is 0.199. The highest BCUT2D eigenvalue weighted by Gasteiger charge is 1.94. The van der Waals surface area contributed by atoms with Crippen molar-refractivity contribution < 1.29 is 4.74 Å². The quantitative estimate of drug-likeness (QED) is 0.606. The van der Waals surface area contributed by atoms with Crippen LogP contribution in [0.5, 0.6) is 0 Å². The zero-order valence-corrected chi connectivity index (χ0v) is 9.98. The molecule has 0 atom stereocenters. The second-order valence-electron chi connectivity index (χ2n) is 3.17. The molecule has 0 aromatic carbocycles. The maximum Gasteiger partial charge on any atom is 0.0937 e. The van der Waals surface area contributed by atoms with E-state index in [1.54, 1.807) is 18.4 Å². The smallest absolute Gasteiger partial charge is 0.0937 e. The molecule has 0 aliphatic heterocycles. The lowest BCUT2D eigenvalue weighted by atomic mass is 10.4. The minimum Gasteiger partial charge on any atom is -0.383 e. The SMILES string of the molecule is COCCNCCNCCc1nccs1. The van der Waals surface area contributed by atoms with Gasteiger partial charge in [-0.25, -0.2) is 4.98 Å². The van der Waals surface area contributed by atoms with E-state index < -0.39 is 0 Å². The molecule has 0 saturated heterocycles. The lowest BCUT2D eigenvalue weighted by Crippen LogP contribution is -2.30. The average molecular weight is 229 g/mol. The summed E-state index contributed by atoms with van der Waals surface area (Å²) in [5.41, 5.74) is 0. The zero-order valence-electron chi connectivity index (χ0n) is 9.16. The van der Waals surface area contributed by atoms with Crippen LogP contribution in [0, 0.1) is 0 Å². The largest absolute Gasteiger partial charge is 0.383 e. The first-order valence-corrected chi connectivity index (χ1v) is 6.10. The molecule has 86 valence electrons. The number of aromatic nitrogens is 1. The summed E-state index contributed by atoms with van der Waals surface area (Å²) in [6.45, 7) is 4.68. The molecule has 0 aliphatic carbocycles. The molecular formula is C10H19N3OS. The third-order valence-corrected chi connectivity index (χ3v) is 2.80. The van der Waals surface area contributed by atoms with E-state index in [0.717, 1.165) is 39.2 Å². The van der Waals surface area contributed by atoms with E-state index in [1.807, 2.05) is 11.6 Å². The van der Waals surface area contributed by atoms with E-state index in [1.165, 1.54) is 5.01 Å². The van der Waals surface area contributed by atoms with Crippen molar-refractivity contribution in [2.45, 2.75) is 6.42 Å². The molecule has 1 heterocycles. The second-order valence-corrected chi connectivity index (χ2v) is 4.15. The zero-order chi connectivity index (χ0) is 10.8. The van der Waals surface area contributed by atoms with Gasteiger partial charge in [0.25, 0.3) is 0 Å². The standard InChI is InChI=1S/C10H19N3OS/c1-14-8-6-12-5-4-11-3-2-10-13-7-9-15-10/h7,9,11-12H,2-6,8H2,1H3. The molecule has 15 heavy (non-hydrogen) atoms. The highest BCUT2D eigenvalue weighted by molar-refractivity contribution is 7.09. The third kappa shape index (κ3) is 6.57. The molecule has 1 aromatic heterocycles.